The molecule has 0 unspecified atom stereocenters. The highest BCUT2D eigenvalue weighted by molar-refractivity contribution is 9.10. The van der Waals surface area contributed by atoms with E-state index in [0.29, 0.717) is 10.6 Å². The molecule has 0 bridgehead atoms. The van der Waals surface area contributed by atoms with Crippen LogP contribution in [0.2, 0.25) is 0 Å². The third-order valence-corrected chi connectivity index (χ3v) is 7.34. The van der Waals surface area contributed by atoms with Crippen molar-refractivity contribution >= 4 is 49.7 Å². The van der Waals surface area contributed by atoms with Crippen molar-refractivity contribution in [1.82, 2.24) is 34.9 Å². The third kappa shape index (κ3) is 4.01. The summed E-state index contributed by atoms with van der Waals surface area (Å²) < 4.78 is 2.52. The van der Waals surface area contributed by atoms with Crippen LogP contribution in [0.4, 0.5) is 5.95 Å². The average molecular weight is 521 g/mol. The van der Waals surface area contributed by atoms with Crippen LogP contribution >= 0.6 is 15.9 Å². The Bertz CT molecular complexity index is 1370. The minimum absolute atomic E-state index is 0.0743. The second-order valence-corrected chi connectivity index (χ2v) is 9.69. The van der Waals surface area contributed by atoms with Crippen molar-refractivity contribution < 1.29 is 4.79 Å². The SMILES string of the molecule is O=C([C@@H]1CC[C@@H](Nc2ncc3c(Br)nn(-c4ccc5ncccc5c4)c3n2)C1)N1CCNCC1. The lowest BCUT2D eigenvalue weighted by atomic mass is 10.1. The van der Waals surface area contributed by atoms with Crippen LogP contribution in [0.15, 0.2) is 47.3 Å². The molecule has 1 saturated carbocycles. The molecule has 34 heavy (non-hydrogen) atoms. The number of nitrogens with zero attached hydrogens (tertiary/aromatic N) is 6. The van der Waals surface area contributed by atoms with Crippen LogP contribution in [0.5, 0.6) is 0 Å². The fourth-order valence-corrected chi connectivity index (χ4v) is 5.41. The zero-order valence-corrected chi connectivity index (χ0v) is 20.2. The molecule has 1 aliphatic heterocycles. The first-order valence-electron chi connectivity index (χ1n) is 11.7. The third-order valence-electron chi connectivity index (χ3n) is 6.75. The van der Waals surface area contributed by atoms with Crippen molar-refractivity contribution in [2.24, 2.45) is 5.92 Å². The van der Waals surface area contributed by atoms with E-state index in [1.807, 2.05) is 33.8 Å². The monoisotopic (exact) mass is 520 g/mol. The highest BCUT2D eigenvalue weighted by Crippen LogP contribution is 2.31. The molecule has 2 N–H and O–H groups in total. The molecule has 6 rings (SSSR count). The van der Waals surface area contributed by atoms with E-state index < -0.39 is 0 Å². The van der Waals surface area contributed by atoms with Crippen LogP contribution < -0.4 is 10.6 Å². The van der Waals surface area contributed by atoms with Crippen LogP contribution in [0.1, 0.15) is 19.3 Å². The summed E-state index contributed by atoms with van der Waals surface area (Å²) in [5, 5.41) is 13.3. The summed E-state index contributed by atoms with van der Waals surface area (Å²) in [6.45, 7) is 3.36. The lowest BCUT2D eigenvalue weighted by molar-refractivity contribution is -0.135. The van der Waals surface area contributed by atoms with Crippen molar-refractivity contribution in [3.8, 4) is 5.69 Å². The summed E-state index contributed by atoms with van der Waals surface area (Å²) in [5.41, 5.74) is 2.56. The summed E-state index contributed by atoms with van der Waals surface area (Å²) in [6, 6.07) is 10.2. The van der Waals surface area contributed by atoms with Crippen LogP contribution in [0.3, 0.4) is 0 Å². The van der Waals surface area contributed by atoms with Crippen LogP contribution in [-0.4, -0.2) is 67.8 Å². The minimum atomic E-state index is 0.0743. The number of carbonyl (C=O) groups excluding carboxylic acids is 1. The molecule has 1 amide bonds. The van der Waals surface area contributed by atoms with Gasteiger partial charge < -0.3 is 15.5 Å². The Kier molecular flexibility index (Phi) is 5.62. The van der Waals surface area contributed by atoms with Gasteiger partial charge in [-0.3, -0.25) is 9.78 Å². The molecule has 4 aromatic rings. The quantitative estimate of drug-likeness (QED) is 0.426. The van der Waals surface area contributed by atoms with Crippen LogP contribution in [0, 0.1) is 5.92 Å². The largest absolute Gasteiger partial charge is 0.351 e. The first-order valence-corrected chi connectivity index (χ1v) is 12.5. The first-order chi connectivity index (χ1) is 16.7. The maximum absolute atomic E-state index is 12.9. The standard InChI is InChI=1S/C24H25BrN8O/c25-21-19-14-28-24(29-17-4-3-16(12-17)23(34)32-10-8-26-9-11-32)30-22(19)33(31-21)18-5-6-20-15(13-18)2-1-7-27-20/h1-2,5-7,13-14,16-17,26H,3-4,8-12H2,(H,28,29,30)/t16-,17-/m1/s1. The summed E-state index contributed by atoms with van der Waals surface area (Å²) in [7, 11) is 0. The summed E-state index contributed by atoms with van der Waals surface area (Å²) >= 11 is 3.55. The Morgan fingerprint density at radius 1 is 1.15 bits per heavy atom. The Morgan fingerprint density at radius 3 is 2.91 bits per heavy atom. The van der Waals surface area contributed by atoms with E-state index in [0.717, 1.165) is 73.1 Å². The van der Waals surface area contributed by atoms with Crippen LogP contribution in [0.25, 0.3) is 27.6 Å². The molecule has 2 aliphatic rings. The van der Waals surface area contributed by atoms with Gasteiger partial charge in [-0.25, -0.2) is 9.67 Å². The Balaban J connectivity index is 1.23. The smallest absolute Gasteiger partial charge is 0.225 e. The van der Waals surface area contributed by atoms with Gasteiger partial charge in [-0.15, -0.1) is 0 Å². The first kappa shape index (κ1) is 21.4. The van der Waals surface area contributed by atoms with Gasteiger partial charge in [0.05, 0.1) is 16.6 Å². The molecule has 1 aliphatic carbocycles. The zero-order valence-electron chi connectivity index (χ0n) is 18.6. The van der Waals surface area contributed by atoms with Crippen molar-refractivity contribution in [3.63, 3.8) is 0 Å². The molecule has 4 heterocycles. The molecule has 0 spiro atoms. The molecule has 0 radical (unpaired) electrons. The predicted molar refractivity (Wildman–Crippen MR) is 134 cm³/mol. The van der Waals surface area contributed by atoms with Gasteiger partial charge in [0, 0.05) is 55.9 Å². The van der Waals surface area contributed by atoms with E-state index in [1.54, 1.807) is 12.4 Å². The van der Waals surface area contributed by atoms with Crippen molar-refractivity contribution in [3.05, 3.63) is 47.3 Å². The molecule has 1 aromatic carbocycles. The maximum atomic E-state index is 12.9. The summed E-state index contributed by atoms with van der Waals surface area (Å²) in [6.07, 6.45) is 6.23. The fraction of sp³-hybridized carbons (Fsp3) is 0.375. The molecule has 10 heteroatoms. The number of piperazine rings is 1. The van der Waals surface area contributed by atoms with Crippen molar-refractivity contribution in [2.75, 3.05) is 31.5 Å². The second-order valence-electron chi connectivity index (χ2n) is 8.94. The summed E-state index contributed by atoms with van der Waals surface area (Å²) in [5.74, 6) is 0.920. The Morgan fingerprint density at radius 2 is 2.03 bits per heavy atom. The lowest BCUT2D eigenvalue weighted by Gasteiger charge is -2.29. The van der Waals surface area contributed by atoms with Gasteiger partial charge in [0.15, 0.2) is 5.65 Å². The number of amides is 1. The zero-order chi connectivity index (χ0) is 23.1. The van der Waals surface area contributed by atoms with Crippen molar-refractivity contribution in [1.29, 1.82) is 0 Å². The molecule has 174 valence electrons. The number of halogens is 1. The van der Waals surface area contributed by atoms with Gasteiger partial charge in [-0.05, 0) is 59.5 Å². The van der Waals surface area contributed by atoms with E-state index in [4.69, 9.17) is 4.98 Å². The highest BCUT2D eigenvalue weighted by atomic mass is 79.9. The highest BCUT2D eigenvalue weighted by Gasteiger charge is 2.33. The van der Waals surface area contributed by atoms with Gasteiger partial charge in [0.2, 0.25) is 11.9 Å². The molecular formula is C24H25BrN8O. The molecule has 2 atom stereocenters. The number of pyridine rings is 1. The van der Waals surface area contributed by atoms with Gasteiger partial charge in [-0.1, -0.05) is 6.07 Å². The molecule has 9 nitrogen and oxygen atoms in total. The number of fused-ring (bicyclic) bond motifs is 2. The number of hydrogen-bond donors (Lipinski definition) is 2. The number of hydrogen-bond acceptors (Lipinski definition) is 7. The fourth-order valence-electron chi connectivity index (χ4n) is 4.98. The topological polar surface area (TPSA) is 101 Å². The minimum Gasteiger partial charge on any atom is -0.351 e. The van der Waals surface area contributed by atoms with E-state index in [-0.39, 0.29) is 17.9 Å². The number of rotatable bonds is 4. The molecule has 3 aromatic heterocycles. The Hall–Kier alpha value is -3.11. The lowest BCUT2D eigenvalue weighted by Crippen LogP contribution is -2.48. The maximum Gasteiger partial charge on any atom is 0.225 e. The van der Waals surface area contributed by atoms with E-state index >= 15 is 0 Å². The number of benzene rings is 1. The van der Waals surface area contributed by atoms with Gasteiger partial charge in [-0.2, -0.15) is 10.1 Å². The number of anilines is 1. The normalized spacial score (nSPS) is 20.8. The number of carbonyl (C=O) groups is 1. The van der Waals surface area contributed by atoms with E-state index in [2.05, 4.69) is 47.7 Å². The summed E-state index contributed by atoms with van der Waals surface area (Å²) in [4.78, 5) is 28.6. The molecule has 1 saturated heterocycles. The second kappa shape index (κ2) is 8.92. The number of nitrogens with one attached hydrogen (secondary N) is 2. The van der Waals surface area contributed by atoms with Crippen LogP contribution in [-0.2, 0) is 4.79 Å². The van der Waals surface area contributed by atoms with E-state index in [9.17, 15) is 4.79 Å². The van der Waals surface area contributed by atoms with Gasteiger partial charge in [0.25, 0.3) is 0 Å². The molecular weight excluding hydrogens is 496 g/mol. The number of aromatic nitrogens is 5. The predicted octanol–water partition coefficient (Wildman–Crippen LogP) is 3.14. The molecule has 2 fully saturated rings. The van der Waals surface area contributed by atoms with Gasteiger partial charge in [0.1, 0.15) is 4.60 Å². The van der Waals surface area contributed by atoms with Gasteiger partial charge >= 0.3 is 0 Å². The Labute approximate surface area is 205 Å². The van der Waals surface area contributed by atoms with E-state index in [1.165, 1.54) is 0 Å². The average Bonchev–Trinajstić information content (AvgIpc) is 3.48. The van der Waals surface area contributed by atoms with Crippen molar-refractivity contribution in [2.45, 2.75) is 25.3 Å².